The lowest BCUT2D eigenvalue weighted by Crippen LogP contribution is -2.46. The number of allylic oxidation sites excluding steroid dienone is 1. The molecule has 4 rings (SSSR count). The van der Waals surface area contributed by atoms with Crippen LogP contribution in [0.25, 0.3) is 10.1 Å². The van der Waals surface area contributed by atoms with Gasteiger partial charge in [0, 0.05) is 54.6 Å². The molecule has 7 nitrogen and oxygen atoms in total. The molecular formula is C22H26N4O3S. The first kappa shape index (κ1) is 20.4. The maximum atomic E-state index is 11.1. The summed E-state index contributed by atoms with van der Waals surface area (Å²) in [4.78, 5) is 16.1. The van der Waals surface area contributed by atoms with Gasteiger partial charge in [-0.3, -0.25) is 4.90 Å². The van der Waals surface area contributed by atoms with Crippen LogP contribution < -0.4 is 9.64 Å². The number of piperazine rings is 1. The molecular weight excluding hydrogens is 400 g/mol. The van der Waals surface area contributed by atoms with E-state index < -0.39 is 5.97 Å². The molecule has 0 radical (unpaired) electrons. The standard InChI is InChI=1S/C22H26N4O3S/c1-2-8-26-21(16-18(23-26)22(27)28)29-14-4-9-24-10-12-25(13-11-24)19-5-3-6-20-17(19)7-15-30-20/h2-3,5-7,15-16H,1,4,8-14H2,(H,27,28). The molecule has 1 aliphatic rings. The number of thiophene rings is 1. The molecule has 3 heterocycles. The van der Waals surface area contributed by atoms with Crippen LogP contribution in [0.3, 0.4) is 0 Å². The monoisotopic (exact) mass is 426 g/mol. The summed E-state index contributed by atoms with van der Waals surface area (Å²) < 4.78 is 8.66. The van der Waals surface area contributed by atoms with Crippen LogP contribution >= 0.6 is 11.3 Å². The maximum absolute atomic E-state index is 11.1. The number of benzene rings is 1. The van der Waals surface area contributed by atoms with Crippen LogP contribution in [-0.4, -0.2) is 65.1 Å². The van der Waals surface area contributed by atoms with Crippen molar-refractivity contribution in [2.75, 3.05) is 44.2 Å². The number of carboxylic acid groups (broad SMARTS) is 1. The highest BCUT2D eigenvalue weighted by Crippen LogP contribution is 2.31. The molecule has 1 aromatic carbocycles. The smallest absolute Gasteiger partial charge is 0.356 e. The first-order valence-corrected chi connectivity index (χ1v) is 11.0. The lowest BCUT2D eigenvalue weighted by molar-refractivity contribution is 0.0689. The SMILES string of the molecule is C=CCn1nc(C(=O)O)cc1OCCCN1CCN(c2cccc3sccc23)CC1. The largest absolute Gasteiger partial charge is 0.478 e. The van der Waals surface area contributed by atoms with Gasteiger partial charge in [0.1, 0.15) is 0 Å². The third-order valence-corrected chi connectivity index (χ3v) is 6.20. The summed E-state index contributed by atoms with van der Waals surface area (Å²) in [5.74, 6) is -0.584. The van der Waals surface area contributed by atoms with Crippen LogP contribution in [0.4, 0.5) is 5.69 Å². The molecule has 0 bridgehead atoms. The van der Waals surface area contributed by atoms with Crippen LogP contribution in [0.2, 0.25) is 0 Å². The van der Waals surface area contributed by atoms with Crippen LogP contribution in [-0.2, 0) is 6.54 Å². The summed E-state index contributed by atoms with van der Waals surface area (Å²) in [5, 5.41) is 16.6. The first-order valence-electron chi connectivity index (χ1n) is 10.1. The van der Waals surface area contributed by atoms with Gasteiger partial charge in [-0.25, -0.2) is 9.48 Å². The number of hydrogen-bond acceptors (Lipinski definition) is 6. The Morgan fingerprint density at radius 3 is 2.87 bits per heavy atom. The van der Waals surface area contributed by atoms with Crippen molar-refractivity contribution < 1.29 is 14.6 Å². The van der Waals surface area contributed by atoms with Crippen LogP contribution in [0.15, 0.2) is 48.4 Å². The summed E-state index contributed by atoms with van der Waals surface area (Å²) in [6.07, 6.45) is 2.55. The minimum atomic E-state index is -1.06. The van der Waals surface area contributed by atoms with E-state index in [0.29, 0.717) is 19.0 Å². The van der Waals surface area contributed by atoms with Crippen molar-refractivity contribution in [3.63, 3.8) is 0 Å². The fraction of sp³-hybridized carbons (Fsp3) is 0.364. The molecule has 0 aliphatic carbocycles. The molecule has 1 fully saturated rings. The Hall–Kier alpha value is -2.84. The summed E-state index contributed by atoms with van der Waals surface area (Å²) >= 11 is 1.79. The van der Waals surface area contributed by atoms with Gasteiger partial charge < -0.3 is 14.7 Å². The maximum Gasteiger partial charge on any atom is 0.356 e. The van der Waals surface area contributed by atoms with Crippen LogP contribution in [0.1, 0.15) is 16.9 Å². The number of nitrogens with zero attached hydrogens (tertiary/aromatic N) is 4. The molecule has 30 heavy (non-hydrogen) atoms. The van der Waals surface area contributed by atoms with Gasteiger partial charge in [-0.05, 0) is 30.0 Å². The number of carbonyl (C=O) groups is 1. The van der Waals surface area contributed by atoms with E-state index in [1.807, 2.05) is 0 Å². The number of hydrogen-bond donors (Lipinski definition) is 1. The second-order valence-electron chi connectivity index (χ2n) is 7.28. The topological polar surface area (TPSA) is 70.8 Å². The van der Waals surface area contributed by atoms with Gasteiger partial charge in [-0.15, -0.1) is 17.9 Å². The van der Waals surface area contributed by atoms with Crippen LogP contribution in [0, 0.1) is 0 Å². The number of ether oxygens (including phenoxy) is 1. The van der Waals surface area contributed by atoms with Gasteiger partial charge in [-0.1, -0.05) is 12.1 Å². The van der Waals surface area contributed by atoms with E-state index >= 15 is 0 Å². The van der Waals surface area contributed by atoms with Crippen LogP contribution in [0.5, 0.6) is 5.88 Å². The zero-order chi connectivity index (χ0) is 20.9. The van der Waals surface area contributed by atoms with E-state index in [1.54, 1.807) is 17.4 Å². The Bertz CT molecular complexity index is 1020. The third-order valence-electron chi connectivity index (χ3n) is 5.32. The highest BCUT2D eigenvalue weighted by Gasteiger charge is 2.19. The van der Waals surface area contributed by atoms with E-state index in [0.717, 1.165) is 39.1 Å². The number of carboxylic acids is 1. The second-order valence-corrected chi connectivity index (χ2v) is 8.23. The second kappa shape index (κ2) is 9.32. The molecule has 3 aromatic rings. The van der Waals surface area contributed by atoms with Crippen molar-refractivity contribution in [2.24, 2.45) is 0 Å². The fourth-order valence-corrected chi connectivity index (χ4v) is 4.61. The Labute approximate surface area is 179 Å². The predicted molar refractivity (Wildman–Crippen MR) is 120 cm³/mol. The van der Waals surface area contributed by atoms with Gasteiger partial charge in [0.2, 0.25) is 5.88 Å². The van der Waals surface area contributed by atoms with Crippen molar-refractivity contribution in [3.05, 3.63) is 54.1 Å². The zero-order valence-corrected chi connectivity index (χ0v) is 17.7. The minimum absolute atomic E-state index is 0.0105. The third kappa shape index (κ3) is 4.49. The zero-order valence-electron chi connectivity index (χ0n) is 16.9. The number of rotatable bonds is 9. The fourth-order valence-electron chi connectivity index (χ4n) is 3.80. The normalized spacial score (nSPS) is 14.9. The summed E-state index contributed by atoms with van der Waals surface area (Å²) in [5.41, 5.74) is 1.32. The van der Waals surface area contributed by atoms with Gasteiger partial charge in [0.25, 0.3) is 0 Å². The van der Waals surface area contributed by atoms with Gasteiger partial charge in [-0.2, -0.15) is 5.10 Å². The first-order chi connectivity index (χ1) is 14.7. The number of anilines is 1. The Morgan fingerprint density at radius 1 is 1.27 bits per heavy atom. The van der Waals surface area contributed by atoms with Gasteiger partial charge in [0.05, 0.1) is 13.2 Å². The molecule has 1 aliphatic heterocycles. The Kier molecular flexibility index (Phi) is 6.35. The molecule has 0 saturated carbocycles. The van der Waals surface area contributed by atoms with E-state index in [2.05, 4.69) is 51.1 Å². The van der Waals surface area contributed by atoms with Gasteiger partial charge in [0.15, 0.2) is 5.69 Å². The molecule has 0 unspecified atom stereocenters. The lowest BCUT2D eigenvalue weighted by atomic mass is 10.2. The van der Waals surface area contributed by atoms with Crippen molar-refractivity contribution in [3.8, 4) is 5.88 Å². The highest BCUT2D eigenvalue weighted by atomic mass is 32.1. The number of fused-ring (bicyclic) bond motifs is 1. The average Bonchev–Trinajstić information content (AvgIpc) is 3.39. The van der Waals surface area contributed by atoms with Crippen molar-refractivity contribution >= 4 is 33.1 Å². The Balaban J connectivity index is 1.24. The Morgan fingerprint density at radius 2 is 2.10 bits per heavy atom. The quantitative estimate of drug-likeness (QED) is 0.417. The molecule has 1 saturated heterocycles. The van der Waals surface area contributed by atoms with Crippen molar-refractivity contribution in [1.29, 1.82) is 0 Å². The lowest BCUT2D eigenvalue weighted by Gasteiger charge is -2.36. The van der Waals surface area contributed by atoms with E-state index in [4.69, 9.17) is 9.84 Å². The summed E-state index contributed by atoms with van der Waals surface area (Å²) in [7, 11) is 0. The summed E-state index contributed by atoms with van der Waals surface area (Å²) in [6, 6.07) is 10.2. The van der Waals surface area contributed by atoms with E-state index in [1.165, 1.54) is 26.5 Å². The molecule has 2 aromatic heterocycles. The van der Waals surface area contributed by atoms with Gasteiger partial charge >= 0.3 is 5.97 Å². The molecule has 0 atom stereocenters. The highest BCUT2D eigenvalue weighted by molar-refractivity contribution is 7.17. The predicted octanol–water partition coefficient (Wildman–Crippen LogP) is 3.57. The average molecular weight is 427 g/mol. The summed E-state index contributed by atoms with van der Waals surface area (Å²) in [6.45, 7) is 9.66. The van der Waals surface area contributed by atoms with E-state index in [9.17, 15) is 4.79 Å². The van der Waals surface area contributed by atoms with Crippen molar-refractivity contribution in [2.45, 2.75) is 13.0 Å². The van der Waals surface area contributed by atoms with Crippen molar-refractivity contribution in [1.82, 2.24) is 14.7 Å². The molecule has 0 spiro atoms. The molecule has 8 heteroatoms. The van der Waals surface area contributed by atoms with E-state index in [-0.39, 0.29) is 5.69 Å². The number of aromatic carboxylic acids is 1. The number of aromatic nitrogens is 2. The molecule has 0 amide bonds. The molecule has 1 N–H and O–H groups in total. The molecule has 158 valence electrons. The minimum Gasteiger partial charge on any atom is -0.478 e.